The lowest BCUT2D eigenvalue weighted by molar-refractivity contribution is -0.161. The fourth-order valence-corrected chi connectivity index (χ4v) is 4.78. The molecule has 2 fully saturated rings. The smallest absolute Gasteiger partial charge is 0.327 e. The Kier molecular flexibility index (Phi) is 3.83. The number of fused-ring (bicyclic) bond motifs is 1. The summed E-state index contributed by atoms with van der Waals surface area (Å²) < 4.78 is -0.578. The van der Waals surface area contributed by atoms with Crippen LogP contribution in [0.5, 0.6) is 0 Å². The number of amides is 2. The van der Waals surface area contributed by atoms with Gasteiger partial charge in [0.05, 0.1) is 6.42 Å². The number of aliphatic carboxylic acids is 1. The molecule has 0 spiro atoms. The number of thioether (sulfide) groups is 1. The van der Waals surface area contributed by atoms with Gasteiger partial charge in [-0.2, -0.15) is 0 Å². The van der Waals surface area contributed by atoms with Crippen molar-refractivity contribution in [1.82, 2.24) is 10.2 Å². The van der Waals surface area contributed by atoms with Gasteiger partial charge in [-0.3, -0.25) is 9.59 Å². The first kappa shape index (κ1) is 15.9. The van der Waals surface area contributed by atoms with Gasteiger partial charge in [-0.15, -0.1) is 11.8 Å². The molecule has 6 nitrogen and oxygen atoms in total. The van der Waals surface area contributed by atoms with E-state index in [1.807, 2.05) is 44.2 Å². The van der Waals surface area contributed by atoms with Gasteiger partial charge in [-0.25, -0.2) is 4.79 Å². The van der Waals surface area contributed by atoms with Gasteiger partial charge in [-0.1, -0.05) is 30.3 Å². The minimum absolute atomic E-state index is 0.202. The highest BCUT2D eigenvalue weighted by molar-refractivity contribution is 8.01. The van der Waals surface area contributed by atoms with Crippen LogP contribution in [0.2, 0.25) is 0 Å². The Balaban J connectivity index is 1.66. The fourth-order valence-electron chi connectivity index (χ4n) is 3.15. The van der Waals surface area contributed by atoms with E-state index in [4.69, 9.17) is 0 Å². The lowest BCUT2D eigenvalue weighted by atomic mass is 9.96. The second-order valence-electron chi connectivity index (χ2n) is 6.31. The van der Waals surface area contributed by atoms with Gasteiger partial charge in [0, 0.05) is 4.75 Å². The number of β-lactam (4-membered cyclic amide) rings is 1. The summed E-state index contributed by atoms with van der Waals surface area (Å²) in [6.07, 6.45) is 0.202. The predicted molar refractivity (Wildman–Crippen MR) is 85.8 cm³/mol. The van der Waals surface area contributed by atoms with Crippen LogP contribution in [0, 0.1) is 0 Å². The normalized spacial score (nSPS) is 28.0. The number of hydrogen-bond acceptors (Lipinski definition) is 4. The highest BCUT2D eigenvalue weighted by Gasteiger charge is 2.64. The maximum Gasteiger partial charge on any atom is 0.327 e. The number of carboxylic acid groups (broad SMARTS) is 1. The molecule has 2 unspecified atom stereocenters. The molecule has 1 aromatic carbocycles. The average molecular weight is 334 g/mol. The summed E-state index contributed by atoms with van der Waals surface area (Å²) >= 11 is 1.42. The van der Waals surface area contributed by atoms with E-state index in [0.29, 0.717) is 0 Å². The number of hydrogen-bond donors (Lipinski definition) is 2. The lowest BCUT2D eigenvalue weighted by Gasteiger charge is -2.43. The molecule has 2 aliphatic heterocycles. The summed E-state index contributed by atoms with van der Waals surface area (Å²) in [6.45, 7) is 3.62. The van der Waals surface area contributed by atoms with E-state index in [1.54, 1.807) is 0 Å². The fraction of sp³-hybridized carbons (Fsp3) is 0.438. The second-order valence-corrected chi connectivity index (χ2v) is 8.08. The minimum atomic E-state index is -1.01. The summed E-state index contributed by atoms with van der Waals surface area (Å²) in [5, 5.41) is 11.8. The molecule has 122 valence electrons. The third-order valence-electron chi connectivity index (χ3n) is 4.20. The quantitative estimate of drug-likeness (QED) is 0.798. The van der Waals surface area contributed by atoms with Crippen molar-refractivity contribution in [2.45, 2.75) is 42.5 Å². The third-order valence-corrected chi connectivity index (χ3v) is 5.77. The Labute approximate surface area is 138 Å². The molecule has 2 amide bonds. The van der Waals surface area contributed by atoms with Crippen molar-refractivity contribution in [1.29, 1.82) is 0 Å². The van der Waals surface area contributed by atoms with E-state index >= 15 is 0 Å². The summed E-state index contributed by atoms with van der Waals surface area (Å²) in [5.74, 6) is -1.55. The number of nitrogens with zero attached hydrogens (tertiary/aromatic N) is 1. The van der Waals surface area contributed by atoms with Crippen LogP contribution in [0.4, 0.5) is 0 Å². The number of nitrogens with one attached hydrogen (secondary N) is 1. The van der Waals surface area contributed by atoms with E-state index in [0.717, 1.165) is 5.56 Å². The van der Waals surface area contributed by atoms with Crippen molar-refractivity contribution in [2.75, 3.05) is 0 Å². The second kappa shape index (κ2) is 5.56. The van der Waals surface area contributed by atoms with Crippen LogP contribution in [-0.2, 0) is 20.8 Å². The Hall–Kier alpha value is -2.02. The van der Waals surface area contributed by atoms with Gasteiger partial charge in [-0.05, 0) is 19.4 Å². The largest absolute Gasteiger partial charge is 0.480 e. The van der Waals surface area contributed by atoms with Gasteiger partial charge in [0.25, 0.3) is 0 Å². The molecule has 0 saturated carbocycles. The highest BCUT2D eigenvalue weighted by Crippen LogP contribution is 2.50. The molecule has 7 heteroatoms. The van der Waals surface area contributed by atoms with Gasteiger partial charge in [0.1, 0.15) is 17.5 Å². The topological polar surface area (TPSA) is 86.7 Å². The molecular weight excluding hydrogens is 316 g/mol. The molecule has 2 aliphatic rings. The van der Waals surface area contributed by atoms with Crippen molar-refractivity contribution in [3.05, 3.63) is 35.9 Å². The number of carboxylic acids is 1. The third kappa shape index (κ3) is 2.69. The molecule has 0 radical (unpaired) electrons. The molecule has 3 rings (SSSR count). The number of carbonyl (C=O) groups is 3. The maximum atomic E-state index is 12.3. The molecule has 0 bridgehead atoms. The van der Waals surface area contributed by atoms with E-state index in [9.17, 15) is 19.5 Å². The predicted octanol–water partition coefficient (Wildman–Crippen LogP) is 0.861. The van der Waals surface area contributed by atoms with Crippen LogP contribution in [0.1, 0.15) is 19.4 Å². The van der Waals surface area contributed by atoms with Gasteiger partial charge >= 0.3 is 5.97 Å². The monoisotopic (exact) mass is 334 g/mol. The van der Waals surface area contributed by atoms with Crippen molar-refractivity contribution < 1.29 is 19.5 Å². The summed E-state index contributed by atoms with van der Waals surface area (Å²) in [4.78, 5) is 37.2. The zero-order valence-electron chi connectivity index (χ0n) is 12.9. The molecule has 0 aromatic heterocycles. The van der Waals surface area contributed by atoms with Crippen LogP contribution in [-0.4, -0.2) is 50.0 Å². The Morgan fingerprint density at radius 1 is 1.30 bits per heavy atom. The van der Waals surface area contributed by atoms with Crippen LogP contribution in [0.25, 0.3) is 0 Å². The summed E-state index contributed by atoms with van der Waals surface area (Å²) in [7, 11) is 0. The van der Waals surface area contributed by atoms with Crippen molar-refractivity contribution in [2.24, 2.45) is 0 Å². The summed E-state index contributed by atoms with van der Waals surface area (Å²) in [6, 6.07) is 7.78. The number of carbonyl (C=O) groups excluding carboxylic acids is 2. The zero-order valence-corrected chi connectivity index (χ0v) is 13.7. The first-order chi connectivity index (χ1) is 10.8. The molecular formula is C16H18N2O4S. The molecule has 2 N–H and O–H groups in total. The molecule has 0 aliphatic carbocycles. The van der Waals surface area contributed by atoms with Crippen molar-refractivity contribution in [3.63, 3.8) is 0 Å². The summed E-state index contributed by atoms with van der Waals surface area (Å²) in [5.41, 5.74) is 0.872. The van der Waals surface area contributed by atoms with E-state index in [2.05, 4.69) is 5.32 Å². The molecule has 3 atom stereocenters. The van der Waals surface area contributed by atoms with E-state index in [-0.39, 0.29) is 23.6 Å². The van der Waals surface area contributed by atoms with Gasteiger partial charge in [0.15, 0.2) is 0 Å². The minimum Gasteiger partial charge on any atom is -0.480 e. The zero-order chi connectivity index (χ0) is 16.8. The van der Waals surface area contributed by atoms with Gasteiger partial charge < -0.3 is 15.3 Å². The Morgan fingerprint density at radius 2 is 1.96 bits per heavy atom. The SMILES string of the molecule is CC1(C)S[C@H]2C(NC(=O)Cc3ccccc3)C(=O)N2C1C(=O)O. The number of benzene rings is 1. The molecule has 23 heavy (non-hydrogen) atoms. The Bertz CT molecular complexity index is 661. The molecule has 1 aromatic rings. The van der Waals surface area contributed by atoms with Crippen molar-refractivity contribution >= 4 is 29.5 Å². The Morgan fingerprint density at radius 3 is 2.57 bits per heavy atom. The lowest BCUT2D eigenvalue weighted by Crippen LogP contribution is -2.70. The van der Waals surface area contributed by atoms with Gasteiger partial charge in [0.2, 0.25) is 11.8 Å². The maximum absolute atomic E-state index is 12.3. The van der Waals surface area contributed by atoms with E-state index < -0.39 is 22.8 Å². The first-order valence-corrected chi connectivity index (χ1v) is 8.25. The average Bonchev–Trinajstić information content (AvgIpc) is 2.74. The van der Waals surface area contributed by atoms with Crippen molar-refractivity contribution in [3.8, 4) is 0 Å². The first-order valence-electron chi connectivity index (χ1n) is 7.37. The highest BCUT2D eigenvalue weighted by atomic mass is 32.2. The van der Waals surface area contributed by atoms with Crippen LogP contribution < -0.4 is 5.32 Å². The van der Waals surface area contributed by atoms with Crippen LogP contribution in [0.3, 0.4) is 0 Å². The molecule has 2 heterocycles. The number of rotatable bonds is 4. The standard InChI is InChI=1S/C16H18N2O4S/c1-16(2)12(15(21)22)18-13(20)11(14(18)23-16)17-10(19)8-9-6-4-3-5-7-9/h3-7,11-12,14H,8H2,1-2H3,(H,17,19)(H,21,22)/t11?,12?,14-/m0/s1. The van der Waals surface area contributed by atoms with Crippen LogP contribution in [0.15, 0.2) is 30.3 Å². The van der Waals surface area contributed by atoms with E-state index in [1.165, 1.54) is 16.7 Å². The van der Waals surface area contributed by atoms with Crippen LogP contribution >= 0.6 is 11.8 Å². The molecule has 2 saturated heterocycles.